The number of carbonyl (C=O) groups is 2. The summed E-state index contributed by atoms with van der Waals surface area (Å²) in [5, 5.41) is 2.60. The Kier molecular flexibility index (Phi) is 5.07. The van der Waals surface area contributed by atoms with Crippen LogP contribution in [0.15, 0.2) is 0 Å². The largest absolute Gasteiger partial charge is 0.444 e. The average Bonchev–Trinajstić information content (AvgIpc) is 3.19. The van der Waals surface area contributed by atoms with E-state index < -0.39 is 11.7 Å². The molecule has 0 radical (unpaired) electrons. The van der Waals surface area contributed by atoms with E-state index in [0.717, 1.165) is 37.1 Å². The zero-order valence-electron chi connectivity index (χ0n) is 15.3. The molecule has 2 amide bonds. The molecule has 3 aliphatic rings. The standard InChI is InChI=1S/C19H32N2O3/c1-19(2,3)24-18(23)20-12-17(22)21-8-4-5-16(21)11-15-10-13-6-7-14(15)9-13/h13-16H,4-12H2,1-3H3,(H,20,23). The maximum Gasteiger partial charge on any atom is 0.408 e. The van der Waals surface area contributed by atoms with Crippen LogP contribution in [0.5, 0.6) is 0 Å². The first-order valence-corrected chi connectivity index (χ1v) is 9.58. The molecule has 5 nitrogen and oxygen atoms in total. The zero-order valence-corrected chi connectivity index (χ0v) is 15.3. The molecule has 3 rings (SSSR count). The molecular weight excluding hydrogens is 304 g/mol. The van der Waals surface area contributed by atoms with Crippen LogP contribution >= 0.6 is 0 Å². The predicted molar refractivity (Wildman–Crippen MR) is 92.5 cm³/mol. The number of ether oxygens (including phenoxy) is 1. The molecule has 136 valence electrons. The number of hydrogen-bond acceptors (Lipinski definition) is 3. The zero-order chi connectivity index (χ0) is 17.3. The van der Waals surface area contributed by atoms with Gasteiger partial charge in [0.15, 0.2) is 0 Å². The molecule has 1 N–H and O–H groups in total. The highest BCUT2D eigenvalue weighted by Gasteiger charge is 2.42. The van der Waals surface area contributed by atoms with Crippen molar-refractivity contribution in [2.45, 2.75) is 77.4 Å². The number of nitrogens with zero attached hydrogens (tertiary/aromatic N) is 1. The Labute approximate surface area is 145 Å². The van der Waals surface area contributed by atoms with Crippen molar-refractivity contribution in [1.29, 1.82) is 0 Å². The molecule has 2 aliphatic carbocycles. The summed E-state index contributed by atoms with van der Waals surface area (Å²) >= 11 is 0. The predicted octanol–water partition coefficient (Wildman–Crippen LogP) is 3.33. The van der Waals surface area contributed by atoms with Gasteiger partial charge in [-0.25, -0.2) is 4.79 Å². The summed E-state index contributed by atoms with van der Waals surface area (Å²) in [6.45, 7) is 6.34. The quantitative estimate of drug-likeness (QED) is 0.857. The molecule has 1 aliphatic heterocycles. The van der Waals surface area contributed by atoms with Gasteiger partial charge in [0.2, 0.25) is 5.91 Å². The van der Waals surface area contributed by atoms with Crippen LogP contribution in [-0.2, 0) is 9.53 Å². The fourth-order valence-corrected chi connectivity index (χ4v) is 4.99. The van der Waals surface area contributed by atoms with Gasteiger partial charge < -0.3 is 15.0 Å². The molecule has 4 unspecified atom stereocenters. The van der Waals surface area contributed by atoms with Crippen LogP contribution in [-0.4, -0.2) is 41.6 Å². The third kappa shape index (κ3) is 4.22. The summed E-state index contributed by atoms with van der Waals surface area (Å²) in [4.78, 5) is 26.2. The van der Waals surface area contributed by atoms with Crippen molar-refractivity contribution in [2.24, 2.45) is 17.8 Å². The Morgan fingerprint density at radius 1 is 1.17 bits per heavy atom. The van der Waals surface area contributed by atoms with Gasteiger partial charge in [-0.2, -0.15) is 0 Å². The lowest BCUT2D eigenvalue weighted by Gasteiger charge is -2.30. The van der Waals surface area contributed by atoms with Crippen molar-refractivity contribution in [1.82, 2.24) is 10.2 Å². The monoisotopic (exact) mass is 336 g/mol. The summed E-state index contributed by atoms with van der Waals surface area (Å²) in [6.07, 6.45) is 8.48. The third-order valence-electron chi connectivity index (χ3n) is 5.94. The lowest BCUT2D eigenvalue weighted by Crippen LogP contribution is -2.44. The van der Waals surface area contributed by atoms with Crippen molar-refractivity contribution < 1.29 is 14.3 Å². The second-order valence-electron chi connectivity index (χ2n) is 8.91. The fourth-order valence-electron chi connectivity index (χ4n) is 4.99. The molecule has 5 heteroatoms. The Hall–Kier alpha value is -1.26. The molecule has 24 heavy (non-hydrogen) atoms. The minimum Gasteiger partial charge on any atom is -0.444 e. The number of hydrogen-bond donors (Lipinski definition) is 1. The van der Waals surface area contributed by atoms with Crippen LogP contribution < -0.4 is 5.32 Å². The molecule has 0 aromatic heterocycles. The van der Waals surface area contributed by atoms with E-state index in [-0.39, 0.29) is 12.5 Å². The van der Waals surface area contributed by atoms with Crippen LogP contribution in [0, 0.1) is 17.8 Å². The Morgan fingerprint density at radius 3 is 2.58 bits per heavy atom. The number of fused-ring (bicyclic) bond motifs is 2. The van der Waals surface area contributed by atoms with Crippen molar-refractivity contribution >= 4 is 12.0 Å². The number of likely N-dealkylation sites (tertiary alicyclic amines) is 1. The Balaban J connectivity index is 1.46. The first-order chi connectivity index (χ1) is 11.3. The topological polar surface area (TPSA) is 58.6 Å². The second-order valence-corrected chi connectivity index (χ2v) is 8.91. The first kappa shape index (κ1) is 17.6. The maximum atomic E-state index is 12.5. The molecule has 0 aromatic rings. The van der Waals surface area contributed by atoms with E-state index in [9.17, 15) is 9.59 Å². The minimum absolute atomic E-state index is 0.0338. The highest BCUT2D eigenvalue weighted by Crippen LogP contribution is 2.50. The van der Waals surface area contributed by atoms with Crippen LogP contribution in [0.2, 0.25) is 0 Å². The van der Waals surface area contributed by atoms with E-state index in [4.69, 9.17) is 4.74 Å². The van der Waals surface area contributed by atoms with Crippen molar-refractivity contribution in [3.63, 3.8) is 0 Å². The lowest BCUT2D eigenvalue weighted by atomic mass is 9.83. The number of carbonyl (C=O) groups excluding carboxylic acids is 2. The molecule has 0 spiro atoms. The van der Waals surface area contributed by atoms with E-state index in [0.29, 0.717) is 6.04 Å². The van der Waals surface area contributed by atoms with Crippen LogP contribution in [0.3, 0.4) is 0 Å². The molecular formula is C19H32N2O3. The molecule has 1 heterocycles. The summed E-state index contributed by atoms with van der Waals surface area (Å²) in [7, 11) is 0. The van der Waals surface area contributed by atoms with Gasteiger partial charge in [-0.1, -0.05) is 6.42 Å². The molecule has 0 aromatic carbocycles. The fraction of sp³-hybridized carbons (Fsp3) is 0.895. The summed E-state index contributed by atoms with van der Waals surface area (Å²) < 4.78 is 5.20. The minimum atomic E-state index is -0.537. The van der Waals surface area contributed by atoms with Crippen molar-refractivity contribution in [3.8, 4) is 0 Å². The SMILES string of the molecule is CC(C)(C)OC(=O)NCC(=O)N1CCCC1CC1CC2CCC1C2. The van der Waals surface area contributed by atoms with Crippen LogP contribution in [0.1, 0.15) is 65.7 Å². The molecule has 3 fully saturated rings. The summed E-state index contributed by atoms with van der Waals surface area (Å²) in [5.74, 6) is 2.72. The second kappa shape index (κ2) is 6.93. The van der Waals surface area contributed by atoms with Gasteiger partial charge >= 0.3 is 6.09 Å². The molecule has 2 saturated carbocycles. The molecule has 2 bridgehead atoms. The van der Waals surface area contributed by atoms with Gasteiger partial charge in [0.05, 0.1) is 0 Å². The maximum absolute atomic E-state index is 12.5. The first-order valence-electron chi connectivity index (χ1n) is 9.58. The summed E-state index contributed by atoms with van der Waals surface area (Å²) in [5.41, 5.74) is -0.537. The van der Waals surface area contributed by atoms with Gasteiger partial charge in [0.1, 0.15) is 12.1 Å². The highest BCUT2D eigenvalue weighted by molar-refractivity contribution is 5.82. The van der Waals surface area contributed by atoms with E-state index in [2.05, 4.69) is 5.32 Å². The molecule has 1 saturated heterocycles. The van der Waals surface area contributed by atoms with Gasteiger partial charge in [0.25, 0.3) is 0 Å². The summed E-state index contributed by atoms with van der Waals surface area (Å²) in [6, 6.07) is 0.377. The van der Waals surface area contributed by atoms with E-state index >= 15 is 0 Å². The highest BCUT2D eigenvalue weighted by atomic mass is 16.6. The Bertz CT molecular complexity index is 485. The van der Waals surface area contributed by atoms with Gasteiger partial charge in [-0.05, 0) is 77.0 Å². The number of amides is 2. The Morgan fingerprint density at radius 2 is 1.96 bits per heavy atom. The van der Waals surface area contributed by atoms with Crippen LogP contribution in [0.25, 0.3) is 0 Å². The molecule has 4 atom stereocenters. The van der Waals surface area contributed by atoms with E-state index in [1.807, 2.05) is 25.7 Å². The smallest absolute Gasteiger partial charge is 0.408 e. The van der Waals surface area contributed by atoms with Gasteiger partial charge in [0, 0.05) is 12.6 Å². The van der Waals surface area contributed by atoms with Crippen molar-refractivity contribution in [3.05, 3.63) is 0 Å². The third-order valence-corrected chi connectivity index (χ3v) is 5.94. The average molecular weight is 336 g/mol. The normalized spacial score (nSPS) is 32.2. The van der Waals surface area contributed by atoms with E-state index in [1.54, 1.807) is 0 Å². The van der Waals surface area contributed by atoms with Crippen molar-refractivity contribution in [2.75, 3.05) is 13.1 Å². The van der Waals surface area contributed by atoms with Crippen LogP contribution in [0.4, 0.5) is 4.79 Å². The lowest BCUT2D eigenvalue weighted by molar-refractivity contribution is -0.131. The number of alkyl carbamates (subject to hydrolysis) is 1. The number of rotatable bonds is 4. The van der Waals surface area contributed by atoms with Gasteiger partial charge in [-0.15, -0.1) is 0 Å². The number of nitrogens with one attached hydrogen (secondary N) is 1. The van der Waals surface area contributed by atoms with Gasteiger partial charge in [-0.3, -0.25) is 4.79 Å². The van der Waals surface area contributed by atoms with E-state index in [1.165, 1.54) is 32.1 Å².